The van der Waals surface area contributed by atoms with Gasteiger partial charge in [0.2, 0.25) is 0 Å². The predicted molar refractivity (Wildman–Crippen MR) is 60.4 cm³/mol. The molecule has 0 aromatic rings. The van der Waals surface area contributed by atoms with E-state index in [1.54, 1.807) is 7.11 Å². The number of nitrogens with two attached hydrogens (primary N) is 1. The highest BCUT2D eigenvalue weighted by molar-refractivity contribution is 5.78. The molecule has 0 radical (unpaired) electrons. The summed E-state index contributed by atoms with van der Waals surface area (Å²) in [5, 5.41) is 3.06. The van der Waals surface area contributed by atoms with Crippen molar-refractivity contribution in [3.8, 4) is 0 Å². The number of hydrogen-bond acceptors (Lipinski definition) is 2. The fraction of sp³-hybridized carbons (Fsp3) is 0.900. The number of aliphatic imine (C=N–C) groups is 1. The summed E-state index contributed by atoms with van der Waals surface area (Å²) in [6, 6.07) is 0.445. The topological polar surface area (TPSA) is 59.6 Å². The van der Waals surface area contributed by atoms with Gasteiger partial charge in [-0.2, -0.15) is 0 Å². The fourth-order valence-electron chi connectivity index (χ4n) is 1.06. The average Bonchev–Trinajstić information content (AvgIpc) is 2.01. The zero-order valence-electron chi connectivity index (χ0n) is 9.87. The minimum atomic E-state index is 0.131. The second kappa shape index (κ2) is 6.65. The molecule has 14 heavy (non-hydrogen) atoms. The van der Waals surface area contributed by atoms with Gasteiger partial charge in [-0.25, -0.2) is 4.99 Å². The van der Waals surface area contributed by atoms with Crippen molar-refractivity contribution in [1.82, 2.24) is 5.32 Å². The summed E-state index contributed by atoms with van der Waals surface area (Å²) in [5.74, 6) is 0.929. The number of nitrogens with one attached hydrogen (secondary N) is 1. The lowest BCUT2D eigenvalue weighted by atomic mass is 10.1. The van der Waals surface area contributed by atoms with Crippen LogP contribution in [0.25, 0.3) is 0 Å². The van der Waals surface area contributed by atoms with Crippen LogP contribution in [0.4, 0.5) is 0 Å². The van der Waals surface area contributed by atoms with Gasteiger partial charge < -0.3 is 15.8 Å². The Balaban J connectivity index is 4.23. The van der Waals surface area contributed by atoms with E-state index in [1.807, 2.05) is 13.8 Å². The SMILES string of the molecule is COCC(N=C(N)NC(C)C)C(C)C. The van der Waals surface area contributed by atoms with Crippen molar-refractivity contribution in [1.29, 1.82) is 0 Å². The molecule has 4 nitrogen and oxygen atoms in total. The van der Waals surface area contributed by atoms with Crippen LogP contribution in [0, 0.1) is 5.92 Å². The monoisotopic (exact) mass is 201 g/mol. The van der Waals surface area contributed by atoms with Crippen LogP contribution < -0.4 is 11.1 Å². The molecule has 0 aliphatic carbocycles. The summed E-state index contributed by atoms with van der Waals surface area (Å²) < 4.78 is 5.08. The van der Waals surface area contributed by atoms with E-state index in [9.17, 15) is 0 Å². The molecule has 84 valence electrons. The Hall–Kier alpha value is -0.770. The van der Waals surface area contributed by atoms with Crippen LogP contribution in [-0.4, -0.2) is 31.8 Å². The molecule has 0 aliphatic rings. The van der Waals surface area contributed by atoms with E-state index in [-0.39, 0.29) is 6.04 Å². The van der Waals surface area contributed by atoms with Gasteiger partial charge in [-0.15, -0.1) is 0 Å². The first kappa shape index (κ1) is 13.2. The highest BCUT2D eigenvalue weighted by atomic mass is 16.5. The maximum absolute atomic E-state index is 5.73. The van der Waals surface area contributed by atoms with Crippen molar-refractivity contribution < 1.29 is 4.74 Å². The molecule has 0 saturated carbocycles. The third-order valence-electron chi connectivity index (χ3n) is 1.85. The van der Waals surface area contributed by atoms with Gasteiger partial charge in [0.15, 0.2) is 5.96 Å². The maximum Gasteiger partial charge on any atom is 0.189 e. The zero-order valence-corrected chi connectivity index (χ0v) is 9.87. The summed E-state index contributed by atoms with van der Waals surface area (Å²) in [6.07, 6.45) is 0. The molecule has 0 aromatic carbocycles. The van der Waals surface area contributed by atoms with Gasteiger partial charge in [0.1, 0.15) is 0 Å². The highest BCUT2D eigenvalue weighted by Crippen LogP contribution is 2.06. The first-order chi connectivity index (χ1) is 6.47. The molecule has 0 bridgehead atoms. The van der Waals surface area contributed by atoms with Crippen molar-refractivity contribution in [3.05, 3.63) is 0 Å². The third kappa shape index (κ3) is 5.80. The smallest absolute Gasteiger partial charge is 0.189 e. The molecule has 0 amide bonds. The Morgan fingerprint density at radius 2 is 1.93 bits per heavy atom. The second-order valence-electron chi connectivity index (χ2n) is 4.08. The molecule has 0 aliphatic heterocycles. The molecule has 0 aromatic heterocycles. The summed E-state index contributed by atoms with van der Waals surface area (Å²) in [4.78, 5) is 4.36. The molecule has 0 spiro atoms. The first-order valence-electron chi connectivity index (χ1n) is 5.06. The Kier molecular flexibility index (Phi) is 6.28. The normalized spacial score (nSPS) is 14.9. The standard InChI is InChI=1S/C10H23N3O/c1-7(2)9(6-14-5)13-10(11)12-8(3)4/h7-9H,6H2,1-5H3,(H3,11,12,13). The van der Waals surface area contributed by atoms with Gasteiger partial charge in [-0.1, -0.05) is 13.8 Å². The molecule has 0 rings (SSSR count). The molecule has 0 saturated heterocycles. The number of guanidine groups is 1. The molecule has 3 N–H and O–H groups in total. The minimum absolute atomic E-state index is 0.131. The van der Waals surface area contributed by atoms with Crippen molar-refractivity contribution in [3.63, 3.8) is 0 Å². The fourth-order valence-corrected chi connectivity index (χ4v) is 1.06. The van der Waals surface area contributed by atoms with E-state index in [2.05, 4.69) is 24.2 Å². The van der Waals surface area contributed by atoms with E-state index >= 15 is 0 Å². The Bertz CT molecular complexity index is 178. The van der Waals surface area contributed by atoms with Crippen LogP contribution in [0.1, 0.15) is 27.7 Å². The quantitative estimate of drug-likeness (QED) is 0.515. The molecule has 1 atom stereocenters. The van der Waals surface area contributed by atoms with Crippen LogP contribution in [0.3, 0.4) is 0 Å². The minimum Gasteiger partial charge on any atom is -0.382 e. The Morgan fingerprint density at radius 3 is 2.29 bits per heavy atom. The van der Waals surface area contributed by atoms with E-state index in [0.717, 1.165) is 0 Å². The van der Waals surface area contributed by atoms with Crippen LogP contribution in [-0.2, 0) is 4.74 Å². The summed E-state index contributed by atoms with van der Waals surface area (Å²) in [6.45, 7) is 8.88. The molecule has 0 fully saturated rings. The van der Waals surface area contributed by atoms with Crippen molar-refractivity contribution in [2.75, 3.05) is 13.7 Å². The van der Waals surface area contributed by atoms with Crippen molar-refractivity contribution >= 4 is 5.96 Å². The number of methoxy groups -OCH3 is 1. The van der Waals surface area contributed by atoms with Gasteiger partial charge in [0.05, 0.1) is 12.6 Å². The average molecular weight is 201 g/mol. The second-order valence-corrected chi connectivity index (χ2v) is 4.08. The van der Waals surface area contributed by atoms with Crippen LogP contribution in [0.2, 0.25) is 0 Å². The third-order valence-corrected chi connectivity index (χ3v) is 1.85. The molecule has 1 unspecified atom stereocenters. The van der Waals surface area contributed by atoms with E-state index in [1.165, 1.54) is 0 Å². The van der Waals surface area contributed by atoms with Gasteiger partial charge in [-0.3, -0.25) is 0 Å². The van der Waals surface area contributed by atoms with Crippen molar-refractivity contribution in [2.45, 2.75) is 39.8 Å². The number of nitrogens with zero attached hydrogens (tertiary/aromatic N) is 1. The van der Waals surface area contributed by atoms with E-state index in [4.69, 9.17) is 10.5 Å². The van der Waals surface area contributed by atoms with Crippen LogP contribution in [0.15, 0.2) is 4.99 Å². The van der Waals surface area contributed by atoms with Crippen molar-refractivity contribution in [2.24, 2.45) is 16.6 Å². The Morgan fingerprint density at radius 1 is 1.36 bits per heavy atom. The highest BCUT2D eigenvalue weighted by Gasteiger charge is 2.12. The molecule has 0 heterocycles. The Labute approximate surface area is 86.9 Å². The lowest BCUT2D eigenvalue weighted by Gasteiger charge is -2.17. The van der Waals surface area contributed by atoms with E-state index < -0.39 is 0 Å². The largest absolute Gasteiger partial charge is 0.382 e. The van der Waals surface area contributed by atoms with Gasteiger partial charge in [0, 0.05) is 13.2 Å². The summed E-state index contributed by atoms with van der Waals surface area (Å²) >= 11 is 0. The summed E-state index contributed by atoms with van der Waals surface area (Å²) in [7, 11) is 1.68. The lowest BCUT2D eigenvalue weighted by molar-refractivity contribution is 0.165. The van der Waals surface area contributed by atoms with Crippen LogP contribution >= 0.6 is 0 Å². The number of hydrogen-bond donors (Lipinski definition) is 2. The predicted octanol–water partition coefficient (Wildman–Crippen LogP) is 0.970. The first-order valence-corrected chi connectivity index (χ1v) is 5.06. The molecule has 4 heteroatoms. The molecular weight excluding hydrogens is 178 g/mol. The zero-order chi connectivity index (χ0) is 11.1. The number of ether oxygens (including phenoxy) is 1. The van der Waals surface area contributed by atoms with Gasteiger partial charge in [-0.05, 0) is 19.8 Å². The maximum atomic E-state index is 5.73. The van der Waals surface area contributed by atoms with Gasteiger partial charge in [0.25, 0.3) is 0 Å². The lowest BCUT2D eigenvalue weighted by Crippen LogP contribution is -2.38. The van der Waals surface area contributed by atoms with Gasteiger partial charge >= 0.3 is 0 Å². The summed E-state index contributed by atoms with van der Waals surface area (Å²) in [5.41, 5.74) is 5.73. The van der Waals surface area contributed by atoms with E-state index in [0.29, 0.717) is 24.5 Å². The number of rotatable bonds is 5. The van der Waals surface area contributed by atoms with Crippen LogP contribution in [0.5, 0.6) is 0 Å². The molecular formula is C10H23N3O.